The smallest absolute Gasteiger partial charge is 0.408 e. The molecule has 0 aliphatic rings. The van der Waals surface area contributed by atoms with Crippen LogP contribution in [0.15, 0.2) is 63.8 Å². The third-order valence-electron chi connectivity index (χ3n) is 5.65. The maximum absolute atomic E-state index is 13.1. The summed E-state index contributed by atoms with van der Waals surface area (Å²) in [4.78, 5) is 49.9. The van der Waals surface area contributed by atoms with Crippen molar-refractivity contribution in [1.82, 2.24) is 10.6 Å². The van der Waals surface area contributed by atoms with Crippen molar-refractivity contribution in [2.75, 3.05) is 7.11 Å². The highest BCUT2D eigenvalue weighted by Crippen LogP contribution is 2.23. The number of primary amides is 1. The molecule has 3 amide bonds. The molecule has 10 heteroatoms. The average Bonchev–Trinajstić information content (AvgIpc) is 2.86. The van der Waals surface area contributed by atoms with Crippen molar-refractivity contribution in [3.63, 3.8) is 0 Å². The number of alkyl carbamates (subject to hydrolysis) is 1. The maximum Gasteiger partial charge on any atom is 0.408 e. The molecule has 10 nitrogen and oxygen atoms in total. The first-order chi connectivity index (χ1) is 17.7. The molecule has 4 N–H and O–H groups in total. The summed E-state index contributed by atoms with van der Waals surface area (Å²) in [5.74, 6) is -0.842. The molecule has 1 aromatic heterocycles. The third-order valence-corrected chi connectivity index (χ3v) is 5.65. The van der Waals surface area contributed by atoms with Crippen LogP contribution < -0.4 is 26.7 Å². The van der Waals surface area contributed by atoms with Gasteiger partial charge >= 0.3 is 11.7 Å². The van der Waals surface area contributed by atoms with Crippen molar-refractivity contribution in [2.24, 2.45) is 11.7 Å². The van der Waals surface area contributed by atoms with Crippen molar-refractivity contribution in [1.29, 1.82) is 0 Å². The Labute approximate surface area is 214 Å². The summed E-state index contributed by atoms with van der Waals surface area (Å²) in [6.07, 6.45) is -0.515. The maximum atomic E-state index is 13.1. The summed E-state index contributed by atoms with van der Waals surface area (Å²) in [5, 5.41) is 5.76. The lowest BCUT2D eigenvalue weighted by Crippen LogP contribution is -2.54. The number of benzene rings is 2. The predicted molar refractivity (Wildman–Crippen MR) is 137 cm³/mol. The van der Waals surface area contributed by atoms with Gasteiger partial charge in [-0.3, -0.25) is 9.59 Å². The fraction of sp³-hybridized carbons (Fsp3) is 0.333. The molecule has 0 saturated heterocycles. The van der Waals surface area contributed by atoms with E-state index in [2.05, 4.69) is 10.6 Å². The van der Waals surface area contributed by atoms with Crippen LogP contribution >= 0.6 is 0 Å². The molecule has 0 radical (unpaired) electrons. The van der Waals surface area contributed by atoms with E-state index in [1.165, 1.54) is 13.2 Å². The van der Waals surface area contributed by atoms with Gasteiger partial charge in [0.1, 0.15) is 30.0 Å². The molecule has 0 saturated carbocycles. The number of carbonyl (C=O) groups excluding carboxylic acids is 3. The summed E-state index contributed by atoms with van der Waals surface area (Å²) in [7, 11) is 1.49. The summed E-state index contributed by atoms with van der Waals surface area (Å²) in [5.41, 5.74) is 6.51. The highest BCUT2D eigenvalue weighted by molar-refractivity contribution is 5.91. The van der Waals surface area contributed by atoms with Crippen LogP contribution in [0.4, 0.5) is 4.79 Å². The van der Waals surface area contributed by atoms with Crippen molar-refractivity contribution in [3.05, 3.63) is 76.1 Å². The number of hydrogen-bond donors (Lipinski definition) is 3. The van der Waals surface area contributed by atoms with E-state index in [0.717, 1.165) is 5.56 Å². The quantitative estimate of drug-likeness (QED) is 0.336. The Morgan fingerprint density at radius 3 is 2.38 bits per heavy atom. The van der Waals surface area contributed by atoms with E-state index in [1.807, 2.05) is 44.2 Å². The number of carbonyl (C=O) groups is 3. The Morgan fingerprint density at radius 1 is 1.00 bits per heavy atom. The van der Waals surface area contributed by atoms with E-state index in [9.17, 15) is 19.2 Å². The molecule has 1 heterocycles. The number of nitrogens with two attached hydrogens (primary N) is 1. The average molecular weight is 510 g/mol. The molecule has 0 unspecified atom stereocenters. The predicted octanol–water partition coefficient (Wildman–Crippen LogP) is 2.66. The molecular weight excluding hydrogens is 478 g/mol. The molecule has 0 fully saturated rings. The van der Waals surface area contributed by atoms with Gasteiger partial charge in [-0.25, -0.2) is 9.59 Å². The van der Waals surface area contributed by atoms with Crippen LogP contribution in [0.3, 0.4) is 0 Å². The van der Waals surface area contributed by atoms with Crippen molar-refractivity contribution >= 4 is 28.9 Å². The van der Waals surface area contributed by atoms with Crippen molar-refractivity contribution in [2.45, 2.75) is 45.4 Å². The Bertz CT molecular complexity index is 1300. The zero-order valence-electron chi connectivity index (χ0n) is 21.0. The lowest BCUT2D eigenvalue weighted by Gasteiger charge is -2.23. The van der Waals surface area contributed by atoms with E-state index in [4.69, 9.17) is 19.6 Å². The van der Waals surface area contributed by atoms with Crippen LogP contribution in [0, 0.1) is 5.92 Å². The molecule has 0 bridgehead atoms. The Hall–Kier alpha value is -4.34. The van der Waals surface area contributed by atoms with Gasteiger partial charge in [0.25, 0.3) is 0 Å². The minimum atomic E-state index is -1.14. The molecular formula is C27H31N3O7. The van der Waals surface area contributed by atoms with Crippen LogP contribution in [-0.2, 0) is 27.4 Å². The van der Waals surface area contributed by atoms with Crippen molar-refractivity contribution < 1.29 is 28.3 Å². The minimum absolute atomic E-state index is 0.0427. The standard InChI is InChI=1S/C27H31N3O7/c1-16(2)11-22(30-27(34)36-15-17-7-5-4-6-8-17)26(33)29-21(25(28)32)12-18-13-24(31)37-23-14-19(35-3)9-10-20(18)23/h4-10,13-14,16,21-22H,11-12,15H2,1-3H3,(H2,28,32)(H,29,33)(H,30,34)/t21-,22+/m1/s1. The first kappa shape index (κ1) is 27.3. The van der Waals surface area contributed by atoms with Gasteiger partial charge in [0, 0.05) is 23.9 Å². The molecule has 37 heavy (non-hydrogen) atoms. The Kier molecular flexibility index (Phi) is 9.26. The fourth-order valence-electron chi connectivity index (χ4n) is 3.83. The van der Waals surface area contributed by atoms with Gasteiger partial charge in [-0.1, -0.05) is 44.2 Å². The van der Waals surface area contributed by atoms with Crippen LogP contribution in [0.2, 0.25) is 0 Å². The van der Waals surface area contributed by atoms with E-state index in [0.29, 0.717) is 23.1 Å². The van der Waals surface area contributed by atoms with E-state index in [1.54, 1.807) is 18.2 Å². The number of amides is 3. The lowest BCUT2D eigenvalue weighted by molar-refractivity contribution is -0.128. The van der Waals surface area contributed by atoms with E-state index in [-0.39, 0.29) is 24.5 Å². The van der Waals surface area contributed by atoms with Crippen LogP contribution in [0.1, 0.15) is 31.4 Å². The second-order valence-electron chi connectivity index (χ2n) is 9.01. The normalized spacial score (nSPS) is 12.5. The molecule has 0 aliphatic carbocycles. The molecule has 2 aromatic carbocycles. The summed E-state index contributed by atoms with van der Waals surface area (Å²) in [6, 6.07) is 13.2. The first-order valence-corrected chi connectivity index (χ1v) is 11.8. The van der Waals surface area contributed by atoms with Gasteiger partial charge in [-0.05, 0) is 35.6 Å². The zero-order valence-corrected chi connectivity index (χ0v) is 21.0. The number of methoxy groups -OCH3 is 1. The SMILES string of the molecule is COc1ccc2c(C[C@@H](NC(=O)[C@H](CC(C)C)NC(=O)OCc3ccccc3)C(N)=O)cc(=O)oc2c1. The van der Waals surface area contributed by atoms with Gasteiger partial charge in [-0.2, -0.15) is 0 Å². The van der Waals surface area contributed by atoms with Crippen LogP contribution in [0.5, 0.6) is 5.75 Å². The topological polar surface area (TPSA) is 150 Å². The minimum Gasteiger partial charge on any atom is -0.497 e. The Morgan fingerprint density at radius 2 is 1.73 bits per heavy atom. The molecule has 2 atom stereocenters. The third kappa shape index (κ3) is 7.83. The second-order valence-corrected chi connectivity index (χ2v) is 9.01. The highest BCUT2D eigenvalue weighted by Gasteiger charge is 2.27. The number of nitrogens with one attached hydrogen (secondary N) is 2. The van der Waals surface area contributed by atoms with Gasteiger partial charge in [0.15, 0.2) is 0 Å². The summed E-state index contributed by atoms with van der Waals surface area (Å²) >= 11 is 0. The monoisotopic (exact) mass is 509 g/mol. The molecule has 3 aromatic rings. The number of hydrogen-bond acceptors (Lipinski definition) is 7. The molecule has 0 spiro atoms. The van der Waals surface area contributed by atoms with Gasteiger partial charge in [0.2, 0.25) is 11.8 Å². The lowest BCUT2D eigenvalue weighted by atomic mass is 10.00. The van der Waals surface area contributed by atoms with Crippen LogP contribution in [-0.4, -0.2) is 37.1 Å². The Balaban J connectivity index is 1.74. The summed E-state index contributed by atoms with van der Waals surface area (Å²) < 4.78 is 15.7. The molecule has 0 aliphatic heterocycles. The fourth-order valence-corrected chi connectivity index (χ4v) is 3.83. The molecule has 196 valence electrons. The highest BCUT2D eigenvalue weighted by atomic mass is 16.5. The van der Waals surface area contributed by atoms with E-state index < -0.39 is 35.6 Å². The van der Waals surface area contributed by atoms with Gasteiger partial charge < -0.3 is 30.3 Å². The van der Waals surface area contributed by atoms with Gasteiger partial charge in [-0.15, -0.1) is 0 Å². The largest absolute Gasteiger partial charge is 0.497 e. The van der Waals surface area contributed by atoms with Crippen LogP contribution in [0.25, 0.3) is 11.0 Å². The number of ether oxygens (including phenoxy) is 2. The molecule has 3 rings (SSSR count). The number of rotatable bonds is 11. The first-order valence-electron chi connectivity index (χ1n) is 11.8. The zero-order chi connectivity index (χ0) is 26.9. The van der Waals surface area contributed by atoms with Crippen molar-refractivity contribution in [3.8, 4) is 5.75 Å². The number of fused-ring (bicyclic) bond motifs is 1. The van der Waals surface area contributed by atoms with Gasteiger partial charge in [0.05, 0.1) is 7.11 Å². The van der Waals surface area contributed by atoms with E-state index >= 15 is 0 Å². The summed E-state index contributed by atoms with van der Waals surface area (Å²) in [6.45, 7) is 3.83. The second kappa shape index (κ2) is 12.6.